The Labute approximate surface area is 124 Å². The van der Waals surface area contributed by atoms with Gasteiger partial charge in [0.2, 0.25) is 0 Å². The van der Waals surface area contributed by atoms with Gasteiger partial charge < -0.3 is 10.0 Å². The fourth-order valence-electron chi connectivity index (χ4n) is 1.98. The van der Waals surface area contributed by atoms with Crippen LogP contribution in [0.25, 0.3) is 0 Å². The van der Waals surface area contributed by atoms with Gasteiger partial charge in [0, 0.05) is 18.4 Å². The lowest BCUT2D eigenvalue weighted by Crippen LogP contribution is -2.32. The number of halogens is 1. The minimum absolute atomic E-state index is 0.345. The molecule has 1 unspecified atom stereocenters. The van der Waals surface area contributed by atoms with Crippen molar-refractivity contribution in [1.29, 1.82) is 0 Å². The Bertz CT molecular complexity index is 516. The summed E-state index contributed by atoms with van der Waals surface area (Å²) in [7, 11) is 0. The molecule has 20 heavy (non-hydrogen) atoms. The molecule has 0 radical (unpaired) electrons. The summed E-state index contributed by atoms with van der Waals surface area (Å²) in [4.78, 5) is 6.45. The van der Waals surface area contributed by atoms with Gasteiger partial charge in [0.1, 0.15) is 0 Å². The molecule has 3 nitrogen and oxygen atoms in total. The summed E-state index contributed by atoms with van der Waals surface area (Å²) in [5.74, 6) is 0. The molecule has 0 aliphatic rings. The third-order valence-corrected chi connectivity index (χ3v) is 3.39. The molecule has 0 aliphatic carbocycles. The minimum atomic E-state index is -0.345. The van der Waals surface area contributed by atoms with Crippen LogP contribution in [-0.2, 0) is 6.54 Å². The molecule has 106 valence electrons. The Balaban J connectivity index is 2.16. The van der Waals surface area contributed by atoms with Crippen molar-refractivity contribution in [3.05, 3.63) is 59.4 Å². The van der Waals surface area contributed by atoms with Crippen LogP contribution in [0.2, 0.25) is 5.02 Å². The lowest BCUT2D eigenvalue weighted by Gasteiger charge is -2.26. The summed E-state index contributed by atoms with van der Waals surface area (Å²) in [6.45, 7) is 3.22. The molecule has 0 bridgehead atoms. The van der Waals surface area contributed by atoms with Gasteiger partial charge in [-0.3, -0.25) is 4.98 Å². The summed E-state index contributed by atoms with van der Waals surface area (Å²) < 4.78 is 0. The first-order valence-electron chi connectivity index (χ1n) is 6.77. The Kier molecular flexibility index (Phi) is 5.39. The average molecular weight is 291 g/mol. The quantitative estimate of drug-likeness (QED) is 0.884. The van der Waals surface area contributed by atoms with Gasteiger partial charge in [-0.1, -0.05) is 36.7 Å². The predicted molar refractivity (Wildman–Crippen MR) is 83.0 cm³/mol. The van der Waals surface area contributed by atoms with Crippen LogP contribution in [-0.4, -0.2) is 22.7 Å². The van der Waals surface area contributed by atoms with Crippen molar-refractivity contribution in [2.45, 2.75) is 26.0 Å². The fraction of sp³-hybridized carbons (Fsp3) is 0.312. The molecule has 0 spiro atoms. The van der Waals surface area contributed by atoms with Gasteiger partial charge in [0.05, 0.1) is 23.4 Å². The molecule has 1 heterocycles. The highest BCUT2D eigenvalue weighted by Gasteiger charge is 2.12. The van der Waals surface area contributed by atoms with E-state index in [1.54, 1.807) is 6.20 Å². The van der Waals surface area contributed by atoms with Gasteiger partial charge in [-0.05, 0) is 30.7 Å². The summed E-state index contributed by atoms with van der Waals surface area (Å²) >= 11 is 5.86. The van der Waals surface area contributed by atoms with Crippen LogP contribution in [0.15, 0.2) is 48.7 Å². The van der Waals surface area contributed by atoms with Crippen LogP contribution in [0.4, 0.5) is 5.69 Å². The normalized spacial score (nSPS) is 12.2. The number of benzene rings is 1. The van der Waals surface area contributed by atoms with E-state index in [9.17, 15) is 5.11 Å². The Hall–Kier alpha value is -1.58. The highest BCUT2D eigenvalue weighted by Crippen LogP contribution is 2.17. The molecular formula is C16H19ClN2O. The summed E-state index contributed by atoms with van der Waals surface area (Å²) in [6.07, 6.45) is 2.04. The number of rotatable bonds is 6. The van der Waals surface area contributed by atoms with Gasteiger partial charge in [-0.2, -0.15) is 0 Å². The second kappa shape index (κ2) is 7.27. The number of hydrogen-bond acceptors (Lipinski definition) is 3. The number of hydrogen-bond donors (Lipinski definition) is 1. The van der Waals surface area contributed by atoms with Crippen LogP contribution >= 0.6 is 11.6 Å². The largest absolute Gasteiger partial charge is 0.391 e. The second-order valence-corrected chi connectivity index (χ2v) is 5.18. The zero-order chi connectivity index (χ0) is 14.4. The standard InChI is InChI=1S/C16H19ClN2O/c1-2-16(20)12-19(15-6-4-3-5-7-15)11-14-9-8-13(17)10-18-14/h3-10,16,20H,2,11-12H2,1H3. The third-order valence-electron chi connectivity index (χ3n) is 3.17. The second-order valence-electron chi connectivity index (χ2n) is 4.75. The number of aliphatic hydroxyl groups is 1. The van der Waals surface area contributed by atoms with Gasteiger partial charge in [0.15, 0.2) is 0 Å². The molecule has 0 saturated heterocycles. The highest BCUT2D eigenvalue weighted by atomic mass is 35.5. The fourth-order valence-corrected chi connectivity index (χ4v) is 2.09. The molecule has 1 atom stereocenters. The van der Waals surface area contributed by atoms with E-state index in [1.165, 1.54) is 0 Å². The SMILES string of the molecule is CCC(O)CN(Cc1ccc(Cl)cn1)c1ccccc1. The van der Waals surface area contributed by atoms with Gasteiger partial charge in [-0.25, -0.2) is 0 Å². The Morgan fingerprint density at radius 1 is 1.20 bits per heavy atom. The molecular weight excluding hydrogens is 272 g/mol. The van der Waals surface area contributed by atoms with E-state index < -0.39 is 0 Å². The van der Waals surface area contributed by atoms with E-state index in [0.29, 0.717) is 18.1 Å². The molecule has 0 fully saturated rings. The first-order chi connectivity index (χ1) is 9.69. The molecule has 0 aliphatic heterocycles. The number of pyridine rings is 1. The van der Waals surface area contributed by atoms with Gasteiger partial charge in [0.25, 0.3) is 0 Å². The maximum atomic E-state index is 9.93. The molecule has 1 N–H and O–H groups in total. The van der Waals surface area contributed by atoms with E-state index in [1.807, 2.05) is 49.4 Å². The maximum Gasteiger partial charge on any atom is 0.0712 e. The predicted octanol–water partition coefficient (Wildman–Crippen LogP) is 3.51. The van der Waals surface area contributed by atoms with Crippen LogP contribution in [0.5, 0.6) is 0 Å². The summed E-state index contributed by atoms with van der Waals surface area (Å²) in [5, 5.41) is 10.6. The van der Waals surface area contributed by atoms with Crippen LogP contribution < -0.4 is 4.90 Å². The van der Waals surface area contributed by atoms with E-state index in [4.69, 9.17) is 11.6 Å². The maximum absolute atomic E-state index is 9.93. The molecule has 1 aromatic carbocycles. The van der Waals surface area contributed by atoms with Crippen LogP contribution in [0.1, 0.15) is 19.0 Å². The Morgan fingerprint density at radius 3 is 2.55 bits per heavy atom. The molecule has 2 aromatic rings. The van der Waals surface area contributed by atoms with Crippen molar-refractivity contribution in [2.24, 2.45) is 0 Å². The lowest BCUT2D eigenvalue weighted by atomic mass is 10.2. The van der Waals surface area contributed by atoms with Crippen LogP contribution in [0, 0.1) is 0 Å². The summed E-state index contributed by atoms with van der Waals surface area (Å²) in [6, 6.07) is 13.8. The first-order valence-corrected chi connectivity index (χ1v) is 7.15. The number of anilines is 1. The lowest BCUT2D eigenvalue weighted by molar-refractivity contribution is 0.175. The average Bonchev–Trinajstić information content (AvgIpc) is 2.49. The van der Waals surface area contributed by atoms with Gasteiger partial charge in [-0.15, -0.1) is 0 Å². The first kappa shape index (κ1) is 14.8. The number of aliphatic hydroxyl groups excluding tert-OH is 1. The van der Waals surface area contributed by atoms with Gasteiger partial charge >= 0.3 is 0 Å². The Morgan fingerprint density at radius 2 is 1.95 bits per heavy atom. The van der Waals surface area contributed by atoms with E-state index in [-0.39, 0.29) is 6.10 Å². The number of nitrogens with zero attached hydrogens (tertiary/aromatic N) is 2. The topological polar surface area (TPSA) is 36.4 Å². The van der Waals surface area contributed by atoms with Crippen molar-refractivity contribution in [3.63, 3.8) is 0 Å². The van der Waals surface area contributed by atoms with Crippen LogP contribution in [0.3, 0.4) is 0 Å². The molecule has 1 aromatic heterocycles. The minimum Gasteiger partial charge on any atom is -0.391 e. The molecule has 4 heteroatoms. The van der Waals surface area contributed by atoms with Crippen molar-refractivity contribution in [1.82, 2.24) is 4.98 Å². The molecule has 0 amide bonds. The highest BCUT2D eigenvalue weighted by molar-refractivity contribution is 6.30. The number of para-hydroxylation sites is 1. The van der Waals surface area contributed by atoms with Crippen molar-refractivity contribution >= 4 is 17.3 Å². The molecule has 0 saturated carbocycles. The summed E-state index contributed by atoms with van der Waals surface area (Å²) in [5.41, 5.74) is 2.01. The van der Waals surface area contributed by atoms with Crippen molar-refractivity contribution < 1.29 is 5.11 Å². The zero-order valence-electron chi connectivity index (χ0n) is 11.5. The van der Waals surface area contributed by atoms with E-state index >= 15 is 0 Å². The van der Waals surface area contributed by atoms with Crippen molar-refractivity contribution in [3.8, 4) is 0 Å². The zero-order valence-corrected chi connectivity index (χ0v) is 12.3. The van der Waals surface area contributed by atoms with E-state index in [2.05, 4.69) is 9.88 Å². The molecule has 2 rings (SSSR count). The third kappa shape index (κ3) is 4.22. The smallest absolute Gasteiger partial charge is 0.0712 e. The monoisotopic (exact) mass is 290 g/mol. The van der Waals surface area contributed by atoms with E-state index in [0.717, 1.165) is 17.8 Å². The van der Waals surface area contributed by atoms with Crippen molar-refractivity contribution in [2.75, 3.05) is 11.4 Å². The number of aromatic nitrogens is 1.